The quantitative estimate of drug-likeness (QED) is 0.694. The summed E-state index contributed by atoms with van der Waals surface area (Å²) in [6, 6.07) is 5.53. The molecule has 20 heavy (non-hydrogen) atoms. The second kappa shape index (κ2) is 7.37. The van der Waals surface area contributed by atoms with E-state index in [1.165, 1.54) is 12.1 Å². The molecule has 1 rings (SSSR count). The fraction of sp³-hybridized carbons (Fsp3) is 0.462. The molecule has 1 unspecified atom stereocenters. The van der Waals surface area contributed by atoms with Crippen molar-refractivity contribution in [1.29, 1.82) is 0 Å². The molecule has 1 aromatic carbocycles. The zero-order valence-corrected chi connectivity index (χ0v) is 12.3. The normalized spacial score (nSPS) is 12.9. The number of aliphatic hydroxyl groups is 1. The lowest BCUT2D eigenvalue weighted by Crippen LogP contribution is -2.40. The predicted octanol–water partition coefficient (Wildman–Crippen LogP) is 0.104. The Kier molecular flexibility index (Phi) is 6.12. The van der Waals surface area contributed by atoms with Crippen molar-refractivity contribution in [3.63, 3.8) is 0 Å². The van der Waals surface area contributed by atoms with Crippen molar-refractivity contribution < 1.29 is 23.1 Å². The van der Waals surface area contributed by atoms with Gasteiger partial charge in [0.15, 0.2) is 9.84 Å². The van der Waals surface area contributed by atoms with Gasteiger partial charge >= 0.3 is 5.97 Å². The molecule has 7 heteroatoms. The average Bonchev–Trinajstić information content (AvgIpc) is 2.39. The van der Waals surface area contributed by atoms with Crippen LogP contribution in [0.4, 0.5) is 0 Å². The van der Waals surface area contributed by atoms with Crippen LogP contribution in [0.15, 0.2) is 29.2 Å². The van der Waals surface area contributed by atoms with Gasteiger partial charge in [-0.15, -0.1) is 0 Å². The first-order valence-electron chi connectivity index (χ1n) is 6.18. The van der Waals surface area contributed by atoms with Crippen molar-refractivity contribution in [2.24, 2.45) is 0 Å². The number of sulfone groups is 1. The van der Waals surface area contributed by atoms with Crippen molar-refractivity contribution in [3.05, 3.63) is 29.8 Å². The summed E-state index contributed by atoms with van der Waals surface area (Å²) in [6.45, 7) is 1.91. The van der Waals surface area contributed by atoms with Gasteiger partial charge in [0.2, 0.25) is 0 Å². The van der Waals surface area contributed by atoms with Gasteiger partial charge in [-0.1, -0.05) is 12.1 Å². The van der Waals surface area contributed by atoms with Crippen LogP contribution in [-0.2, 0) is 25.9 Å². The van der Waals surface area contributed by atoms with Crippen LogP contribution in [0.2, 0.25) is 0 Å². The van der Waals surface area contributed by atoms with Crippen LogP contribution in [-0.4, -0.2) is 45.0 Å². The van der Waals surface area contributed by atoms with Crippen LogP contribution in [0.3, 0.4) is 0 Å². The van der Waals surface area contributed by atoms with Gasteiger partial charge in [-0.2, -0.15) is 0 Å². The molecular weight excluding hydrogens is 282 g/mol. The molecule has 2 N–H and O–H groups in total. The maximum absolute atomic E-state index is 11.5. The molecule has 0 fully saturated rings. The number of aliphatic hydroxyl groups excluding tert-OH is 1. The van der Waals surface area contributed by atoms with Gasteiger partial charge in [0, 0.05) is 12.8 Å². The first kappa shape index (κ1) is 16.6. The number of rotatable bonds is 7. The fourth-order valence-electron chi connectivity index (χ4n) is 1.56. The molecule has 0 bridgehead atoms. The summed E-state index contributed by atoms with van der Waals surface area (Å²) in [6.07, 6.45) is 1.14. The molecule has 112 valence electrons. The minimum atomic E-state index is -3.21. The van der Waals surface area contributed by atoms with E-state index in [9.17, 15) is 13.2 Å². The first-order valence-corrected chi connectivity index (χ1v) is 8.07. The Morgan fingerprint density at radius 2 is 1.95 bits per heavy atom. The van der Waals surface area contributed by atoms with Crippen molar-refractivity contribution >= 4 is 15.8 Å². The Balaban J connectivity index is 2.63. The van der Waals surface area contributed by atoms with Crippen LogP contribution in [0.5, 0.6) is 0 Å². The molecule has 0 aliphatic rings. The molecule has 1 aromatic rings. The zero-order chi connectivity index (χ0) is 15.2. The van der Waals surface area contributed by atoms with Crippen molar-refractivity contribution in [2.45, 2.75) is 24.4 Å². The summed E-state index contributed by atoms with van der Waals surface area (Å²) in [5.41, 5.74) is 0.806. The Morgan fingerprint density at radius 3 is 2.40 bits per heavy atom. The second-order valence-corrected chi connectivity index (χ2v) is 6.30. The van der Waals surface area contributed by atoms with Gasteiger partial charge in [0.1, 0.15) is 6.04 Å². The minimum Gasteiger partial charge on any atom is -0.465 e. The second-order valence-electron chi connectivity index (χ2n) is 4.28. The van der Waals surface area contributed by atoms with Gasteiger partial charge in [-0.05, 0) is 24.6 Å². The number of hydrogen-bond donors (Lipinski definition) is 2. The Morgan fingerprint density at radius 1 is 1.35 bits per heavy atom. The first-order chi connectivity index (χ1) is 9.38. The zero-order valence-electron chi connectivity index (χ0n) is 11.5. The highest BCUT2D eigenvalue weighted by molar-refractivity contribution is 7.90. The lowest BCUT2D eigenvalue weighted by molar-refractivity contribution is -0.146. The highest BCUT2D eigenvalue weighted by atomic mass is 32.2. The van der Waals surface area contributed by atoms with Gasteiger partial charge < -0.3 is 9.84 Å². The van der Waals surface area contributed by atoms with Crippen LogP contribution in [0.25, 0.3) is 0 Å². The molecule has 0 aliphatic heterocycles. The van der Waals surface area contributed by atoms with E-state index in [0.29, 0.717) is 6.54 Å². The highest BCUT2D eigenvalue weighted by Crippen LogP contribution is 2.10. The summed E-state index contributed by atoms with van der Waals surface area (Å²) >= 11 is 0. The Hall–Kier alpha value is -1.44. The third kappa shape index (κ3) is 4.92. The van der Waals surface area contributed by atoms with Crippen molar-refractivity contribution in [2.75, 3.05) is 19.5 Å². The molecule has 0 saturated heterocycles. The molecular formula is C13H19NO5S. The van der Waals surface area contributed by atoms with E-state index < -0.39 is 21.8 Å². The molecule has 0 amide bonds. The summed E-state index contributed by atoms with van der Waals surface area (Å²) in [4.78, 5) is 11.7. The standard InChI is InChI=1S/C13H19NO5S/c1-3-19-13(16)12(9-15)14-8-10-4-6-11(7-5-10)20(2,17)18/h4-7,12,14-15H,3,8-9H2,1-2H3. The Labute approximate surface area is 118 Å². The SMILES string of the molecule is CCOC(=O)C(CO)NCc1ccc(S(C)(=O)=O)cc1. The minimum absolute atomic E-state index is 0.241. The lowest BCUT2D eigenvalue weighted by Gasteiger charge is -2.14. The predicted molar refractivity (Wildman–Crippen MR) is 73.9 cm³/mol. The lowest BCUT2D eigenvalue weighted by atomic mass is 10.2. The van der Waals surface area contributed by atoms with E-state index in [2.05, 4.69) is 5.32 Å². The largest absolute Gasteiger partial charge is 0.465 e. The monoisotopic (exact) mass is 301 g/mol. The van der Waals surface area contributed by atoms with E-state index >= 15 is 0 Å². The maximum Gasteiger partial charge on any atom is 0.325 e. The van der Waals surface area contributed by atoms with Gasteiger partial charge in [-0.3, -0.25) is 10.1 Å². The smallest absolute Gasteiger partial charge is 0.325 e. The van der Waals surface area contributed by atoms with Gasteiger partial charge in [0.05, 0.1) is 18.1 Å². The van der Waals surface area contributed by atoms with Crippen LogP contribution in [0, 0.1) is 0 Å². The van der Waals surface area contributed by atoms with Crippen LogP contribution in [0.1, 0.15) is 12.5 Å². The summed E-state index contributed by atoms with van der Waals surface area (Å²) in [5, 5.41) is 12.0. The Bertz CT molecular complexity index is 538. The van der Waals surface area contributed by atoms with E-state index in [1.807, 2.05) is 0 Å². The molecule has 1 atom stereocenters. The number of esters is 1. The molecule has 0 saturated carbocycles. The third-order valence-corrected chi connectivity index (χ3v) is 3.79. The fourth-order valence-corrected chi connectivity index (χ4v) is 2.19. The molecule has 0 spiro atoms. The molecule has 0 aromatic heterocycles. The average molecular weight is 301 g/mol. The summed E-state index contributed by atoms with van der Waals surface area (Å²) in [5.74, 6) is -0.511. The van der Waals surface area contributed by atoms with E-state index in [1.54, 1.807) is 19.1 Å². The number of carbonyl (C=O) groups is 1. The van der Waals surface area contributed by atoms with Crippen LogP contribution >= 0.6 is 0 Å². The molecule has 6 nitrogen and oxygen atoms in total. The number of carbonyl (C=O) groups excluding carboxylic acids is 1. The summed E-state index contributed by atoms with van der Waals surface area (Å²) < 4.78 is 27.4. The van der Waals surface area contributed by atoms with E-state index in [0.717, 1.165) is 11.8 Å². The van der Waals surface area contributed by atoms with E-state index in [4.69, 9.17) is 9.84 Å². The third-order valence-electron chi connectivity index (χ3n) is 2.66. The number of nitrogens with one attached hydrogen (secondary N) is 1. The van der Waals surface area contributed by atoms with Crippen LogP contribution < -0.4 is 5.32 Å². The van der Waals surface area contributed by atoms with Gasteiger partial charge in [0.25, 0.3) is 0 Å². The van der Waals surface area contributed by atoms with Crippen molar-refractivity contribution in [1.82, 2.24) is 5.32 Å². The van der Waals surface area contributed by atoms with Gasteiger partial charge in [-0.25, -0.2) is 8.42 Å². The highest BCUT2D eigenvalue weighted by Gasteiger charge is 2.17. The van der Waals surface area contributed by atoms with E-state index in [-0.39, 0.29) is 18.1 Å². The topological polar surface area (TPSA) is 92.7 Å². The molecule has 0 aliphatic carbocycles. The molecule has 0 heterocycles. The van der Waals surface area contributed by atoms with Crippen molar-refractivity contribution in [3.8, 4) is 0 Å². The number of ether oxygens (including phenoxy) is 1. The maximum atomic E-state index is 11.5. The number of hydrogen-bond acceptors (Lipinski definition) is 6. The number of benzene rings is 1. The summed E-state index contributed by atoms with van der Waals surface area (Å²) in [7, 11) is -3.21. The molecule has 0 radical (unpaired) electrons.